The van der Waals surface area contributed by atoms with Gasteiger partial charge in [0, 0.05) is 6.92 Å². The number of halogens is 1. The third-order valence-electron chi connectivity index (χ3n) is 1.52. The van der Waals surface area contributed by atoms with Crippen molar-refractivity contribution >= 4 is 15.9 Å². The summed E-state index contributed by atoms with van der Waals surface area (Å²) >= 11 is 3.31. The quantitative estimate of drug-likeness (QED) is 0.768. The van der Waals surface area contributed by atoms with E-state index in [4.69, 9.17) is 8.94 Å². The summed E-state index contributed by atoms with van der Waals surface area (Å²) < 4.78 is 10.9. The molecule has 0 atom stereocenters. The van der Waals surface area contributed by atoms with Gasteiger partial charge in [0.15, 0.2) is 5.69 Å². The number of rotatable bonds is 1. The van der Waals surface area contributed by atoms with Gasteiger partial charge in [0.2, 0.25) is 5.89 Å². The zero-order valence-electron chi connectivity index (χ0n) is 7.04. The number of nitrogens with zero attached hydrogens (tertiary/aromatic N) is 3. The highest BCUT2D eigenvalue weighted by Gasteiger charge is 2.16. The fourth-order valence-corrected chi connectivity index (χ4v) is 1.20. The third kappa shape index (κ3) is 1.37. The maximum Gasteiger partial charge on any atom is 0.271 e. The van der Waals surface area contributed by atoms with Gasteiger partial charge in [-0.1, -0.05) is 5.16 Å². The molecule has 0 bridgehead atoms. The van der Waals surface area contributed by atoms with E-state index in [-0.39, 0.29) is 0 Å². The largest absolute Gasteiger partial charge is 0.419 e. The Hall–Kier alpha value is -1.17. The predicted molar refractivity (Wildman–Crippen MR) is 47.0 cm³/mol. The van der Waals surface area contributed by atoms with E-state index in [0.29, 0.717) is 23.2 Å². The van der Waals surface area contributed by atoms with Crippen molar-refractivity contribution < 1.29 is 8.94 Å². The minimum atomic E-state index is 0.362. The minimum Gasteiger partial charge on any atom is -0.419 e. The zero-order valence-corrected chi connectivity index (χ0v) is 8.62. The van der Waals surface area contributed by atoms with Crippen LogP contribution < -0.4 is 0 Å². The average Bonchev–Trinajstić information content (AvgIpc) is 2.62. The van der Waals surface area contributed by atoms with Crippen molar-refractivity contribution in [3.8, 4) is 11.6 Å². The van der Waals surface area contributed by atoms with Gasteiger partial charge in [0.05, 0.1) is 4.47 Å². The molecule has 68 valence electrons. The molecule has 0 spiro atoms. The molecule has 2 rings (SSSR count). The van der Waals surface area contributed by atoms with Crippen molar-refractivity contribution in [1.82, 2.24) is 15.4 Å². The lowest BCUT2D eigenvalue weighted by molar-refractivity contribution is 0.396. The molecule has 0 unspecified atom stereocenters. The van der Waals surface area contributed by atoms with Crippen LogP contribution >= 0.6 is 15.9 Å². The van der Waals surface area contributed by atoms with Gasteiger partial charge in [-0.2, -0.15) is 0 Å². The standard InChI is InChI=1S/C7H6BrN3O2/c1-3-5(8)6(11-13-3)7-10-9-4(2)12-7/h1-2H3. The van der Waals surface area contributed by atoms with Crippen LogP contribution in [0, 0.1) is 13.8 Å². The normalized spacial score (nSPS) is 10.7. The molecule has 0 saturated carbocycles. The van der Waals surface area contributed by atoms with E-state index >= 15 is 0 Å². The molecular weight excluding hydrogens is 238 g/mol. The fraction of sp³-hybridized carbons (Fsp3) is 0.286. The van der Waals surface area contributed by atoms with Gasteiger partial charge in [0.1, 0.15) is 5.76 Å². The minimum absolute atomic E-state index is 0.362. The molecule has 13 heavy (non-hydrogen) atoms. The van der Waals surface area contributed by atoms with E-state index in [2.05, 4.69) is 31.3 Å². The number of aromatic nitrogens is 3. The van der Waals surface area contributed by atoms with Crippen molar-refractivity contribution in [3.05, 3.63) is 16.1 Å². The van der Waals surface area contributed by atoms with Gasteiger partial charge in [-0.05, 0) is 22.9 Å². The van der Waals surface area contributed by atoms with Crippen molar-refractivity contribution in [2.45, 2.75) is 13.8 Å². The highest BCUT2D eigenvalue weighted by molar-refractivity contribution is 9.10. The van der Waals surface area contributed by atoms with Crippen LogP contribution in [0.4, 0.5) is 0 Å². The molecule has 0 aliphatic heterocycles. The van der Waals surface area contributed by atoms with Crippen LogP contribution in [-0.2, 0) is 0 Å². The molecule has 6 heteroatoms. The van der Waals surface area contributed by atoms with Crippen molar-refractivity contribution in [1.29, 1.82) is 0 Å². The molecule has 0 aliphatic carbocycles. The highest BCUT2D eigenvalue weighted by Crippen LogP contribution is 2.28. The maximum atomic E-state index is 5.19. The third-order valence-corrected chi connectivity index (χ3v) is 2.45. The average molecular weight is 244 g/mol. The Morgan fingerprint density at radius 3 is 2.46 bits per heavy atom. The summed E-state index contributed by atoms with van der Waals surface area (Å²) in [4.78, 5) is 0. The van der Waals surface area contributed by atoms with Crippen LogP contribution in [0.15, 0.2) is 13.4 Å². The Bertz CT molecular complexity index is 435. The van der Waals surface area contributed by atoms with Crippen LogP contribution in [0.2, 0.25) is 0 Å². The Kier molecular flexibility index (Phi) is 1.91. The fourth-order valence-electron chi connectivity index (χ4n) is 0.886. The summed E-state index contributed by atoms with van der Waals surface area (Å²) in [5.41, 5.74) is 0.540. The molecule has 0 radical (unpaired) electrons. The van der Waals surface area contributed by atoms with Gasteiger partial charge < -0.3 is 8.94 Å². The monoisotopic (exact) mass is 243 g/mol. The summed E-state index contributed by atoms with van der Waals surface area (Å²) in [5, 5.41) is 11.3. The number of aryl methyl sites for hydroxylation is 2. The Morgan fingerprint density at radius 1 is 1.23 bits per heavy atom. The van der Waals surface area contributed by atoms with Crippen molar-refractivity contribution in [2.24, 2.45) is 0 Å². The maximum absolute atomic E-state index is 5.19. The van der Waals surface area contributed by atoms with Gasteiger partial charge in [-0.3, -0.25) is 0 Å². The molecule has 2 aromatic heterocycles. The summed E-state index contributed by atoms with van der Waals surface area (Å²) in [7, 11) is 0. The first-order valence-corrected chi connectivity index (χ1v) is 4.40. The second-order valence-electron chi connectivity index (χ2n) is 2.53. The zero-order chi connectivity index (χ0) is 9.42. The van der Waals surface area contributed by atoms with Crippen LogP contribution in [0.5, 0.6) is 0 Å². The molecule has 0 saturated heterocycles. The van der Waals surface area contributed by atoms with Crippen molar-refractivity contribution in [2.75, 3.05) is 0 Å². The second kappa shape index (κ2) is 2.95. The number of hydrogen-bond acceptors (Lipinski definition) is 5. The van der Waals surface area contributed by atoms with Crippen LogP contribution in [0.25, 0.3) is 11.6 Å². The van der Waals surface area contributed by atoms with Gasteiger partial charge >= 0.3 is 0 Å². The van der Waals surface area contributed by atoms with Gasteiger partial charge in [-0.15, -0.1) is 10.2 Å². The first-order chi connectivity index (χ1) is 6.18. The predicted octanol–water partition coefficient (Wildman–Crippen LogP) is 2.10. The molecule has 0 N–H and O–H groups in total. The van der Waals surface area contributed by atoms with Crippen LogP contribution in [0.1, 0.15) is 11.7 Å². The van der Waals surface area contributed by atoms with Crippen LogP contribution in [-0.4, -0.2) is 15.4 Å². The first-order valence-electron chi connectivity index (χ1n) is 3.60. The lowest BCUT2D eigenvalue weighted by atomic mass is 10.4. The topological polar surface area (TPSA) is 65.0 Å². The highest BCUT2D eigenvalue weighted by atomic mass is 79.9. The Labute approximate surface area is 82.3 Å². The molecule has 2 aromatic rings. The summed E-state index contributed by atoms with van der Waals surface area (Å²) in [6.07, 6.45) is 0. The van der Waals surface area contributed by atoms with E-state index in [1.54, 1.807) is 13.8 Å². The molecule has 0 aliphatic rings. The summed E-state index contributed by atoms with van der Waals surface area (Å²) in [6, 6.07) is 0. The first kappa shape index (κ1) is 8.43. The molecule has 0 aromatic carbocycles. The Balaban J connectivity index is 2.52. The van der Waals surface area contributed by atoms with Gasteiger partial charge in [-0.25, -0.2) is 0 Å². The molecule has 0 fully saturated rings. The molecule has 2 heterocycles. The van der Waals surface area contributed by atoms with E-state index in [1.165, 1.54) is 0 Å². The van der Waals surface area contributed by atoms with E-state index < -0.39 is 0 Å². The van der Waals surface area contributed by atoms with E-state index in [9.17, 15) is 0 Å². The van der Waals surface area contributed by atoms with Crippen LogP contribution in [0.3, 0.4) is 0 Å². The molecule has 5 nitrogen and oxygen atoms in total. The molecule has 0 amide bonds. The van der Waals surface area contributed by atoms with E-state index in [1.807, 2.05) is 0 Å². The lowest BCUT2D eigenvalue weighted by Crippen LogP contribution is -1.77. The number of hydrogen-bond donors (Lipinski definition) is 0. The smallest absolute Gasteiger partial charge is 0.271 e. The summed E-state index contributed by atoms with van der Waals surface area (Å²) in [5.74, 6) is 1.55. The Morgan fingerprint density at radius 2 is 2.00 bits per heavy atom. The summed E-state index contributed by atoms with van der Waals surface area (Å²) in [6.45, 7) is 3.52. The lowest BCUT2D eigenvalue weighted by Gasteiger charge is -1.85. The van der Waals surface area contributed by atoms with Gasteiger partial charge in [0.25, 0.3) is 5.89 Å². The van der Waals surface area contributed by atoms with Crippen molar-refractivity contribution in [3.63, 3.8) is 0 Å². The molecular formula is C7H6BrN3O2. The SMILES string of the molecule is Cc1nnc(-c2noc(C)c2Br)o1. The van der Waals surface area contributed by atoms with E-state index in [0.717, 1.165) is 4.47 Å². The second-order valence-corrected chi connectivity index (χ2v) is 3.32.